The number of rotatable bonds is 8. The molecule has 0 aliphatic heterocycles. The van der Waals surface area contributed by atoms with E-state index in [1.54, 1.807) is 6.20 Å². The summed E-state index contributed by atoms with van der Waals surface area (Å²) >= 11 is 0. The molecule has 3 N–H and O–H groups in total. The van der Waals surface area contributed by atoms with Gasteiger partial charge in [-0.1, -0.05) is 33.6 Å². The first-order chi connectivity index (χ1) is 11.5. The van der Waals surface area contributed by atoms with Gasteiger partial charge >= 0.3 is 0 Å². The molecule has 0 unspecified atom stereocenters. The molecule has 0 saturated carbocycles. The van der Waals surface area contributed by atoms with Crippen LogP contribution in [0.15, 0.2) is 24.5 Å². The molecule has 2 heterocycles. The molecular weight excluding hydrogens is 304 g/mol. The topological polar surface area (TPSA) is 90.0 Å². The maximum Gasteiger partial charge on any atom is 0.254 e. The predicted octanol–water partition coefficient (Wildman–Crippen LogP) is 2.47. The van der Waals surface area contributed by atoms with Crippen LogP contribution in [0.5, 0.6) is 0 Å². The van der Waals surface area contributed by atoms with E-state index in [2.05, 4.69) is 17.2 Å². The first kappa shape index (κ1) is 18.0. The van der Waals surface area contributed by atoms with Crippen LogP contribution in [0.1, 0.15) is 50.4 Å². The summed E-state index contributed by atoms with van der Waals surface area (Å²) in [6.07, 6.45) is 6.84. The summed E-state index contributed by atoms with van der Waals surface area (Å²) in [6.45, 7) is 6.68. The third kappa shape index (κ3) is 3.93. The van der Waals surface area contributed by atoms with Crippen molar-refractivity contribution in [2.75, 3.05) is 0 Å². The molecule has 0 bridgehead atoms. The minimum atomic E-state index is -0.687. The lowest BCUT2D eigenvalue weighted by Crippen LogP contribution is -2.47. The van der Waals surface area contributed by atoms with Crippen molar-refractivity contribution < 1.29 is 9.59 Å². The first-order valence-electron chi connectivity index (χ1n) is 8.49. The Kier molecular flexibility index (Phi) is 5.95. The number of aryl methyl sites for hydroxylation is 1. The van der Waals surface area contributed by atoms with E-state index in [-0.39, 0.29) is 11.8 Å². The highest BCUT2D eigenvalue weighted by Gasteiger charge is 2.24. The van der Waals surface area contributed by atoms with Crippen LogP contribution in [0.3, 0.4) is 0 Å². The molecule has 0 aromatic carbocycles. The number of carbonyl (C=O) groups is 2. The van der Waals surface area contributed by atoms with Crippen LogP contribution >= 0.6 is 0 Å². The zero-order chi connectivity index (χ0) is 17.7. The fourth-order valence-electron chi connectivity index (χ4n) is 2.79. The summed E-state index contributed by atoms with van der Waals surface area (Å²) < 4.78 is 2.01. The van der Waals surface area contributed by atoms with Crippen LogP contribution in [0, 0.1) is 5.92 Å². The third-order valence-electron chi connectivity index (χ3n) is 4.14. The Morgan fingerprint density at radius 2 is 2.08 bits per heavy atom. The molecule has 0 aliphatic rings. The molecular formula is C18H26N4O2. The lowest BCUT2D eigenvalue weighted by atomic mass is 10.0. The van der Waals surface area contributed by atoms with E-state index in [9.17, 15) is 9.59 Å². The summed E-state index contributed by atoms with van der Waals surface area (Å²) in [5.74, 6) is -0.884. The highest BCUT2D eigenvalue weighted by atomic mass is 16.2. The molecule has 24 heavy (non-hydrogen) atoms. The standard InChI is InChI=1S/C18H26N4O2/c1-4-5-6-10-22-11-14(13-8-7-9-20-17(13)22)18(24)21-15(12(2)3)16(19)23/h7-9,11-12,15H,4-6,10H2,1-3H3,(H2,19,23)(H,21,24)/t15-/m0/s1. The number of nitrogens with zero attached hydrogens (tertiary/aromatic N) is 2. The van der Waals surface area contributed by atoms with Gasteiger partial charge in [0.2, 0.25) is 5.91 Å². The summed E-state index contributed by atoms with van der Waals surface area (Å²) in [4.78, 5) is 28.6. The minimum absolute atomic E-state index is 0.0671. The van der Waals surface area contributed by atoms with Crippen molar-refractivity contribution in [3.05, 3.63) is 30.1 Å². The van der Waals surface area contributed by atoms with Gasteiger partial charge in [0.15, 0.2) is 0 Å². The Bertz CT molecular complexity index is 721. The van der Waals surface area contributed by atoms with Gasteiger partial charge in [-0.25, -0.2) is 4.98 Å². The number of fused-ring (bicyclic) bond motifs is 1. The van der Waals surface area contributed by atoms with E-state index in [1.807, 2.05) is 36.7 Å². The van der Waals surface area contributed by atoms with Crippen LogP contribution in [0.4, 0.5) is 0 Å². The van der Waals surface area contributed by atoms with Gasteiger partial charge in [-0.15, -0.1) is 0 Å². The Morgan fingerprint density at radius 1 is 1.33 bits per heavy atom. The Morgan fingerprint density at radius 3 is 2.71 bits per heavy atom. The normalized spacial score (nSPS) is 12.5. The molecule has 2 amide bonds. The lowest BCUT2D eigenvalue weighted by molar-refractivity contribution is -0.120. The smallest absolute Gasteiger partial charge is 0.254 e. The molecule has 0 radical (unpaired) electrons. The van der Waals surface area contributed by atoms with Crippen LogP contribution in [-0.4, -0.2) is 27.4 Å². The predicted molar refractivity (Wildman–Crippen MR) is 94.5 cm³/mol. The van der Waals surface area contributed by atoms with Gasteiger partial charge in [-0.2, -0.15) is 0 Å². The second kappa shape index (κ2) is 7.95. The summed E-state index contributed by atoms with van der Waals surface area (Å²) in [7, 11) is 0. The van der Waals surface area contributed by atoms with E-state index < -0.39 is 11.9 Å². The number of hydrogen-bond acceptors (Lipinski definition) is 3. The first-order valence-corrected chi connectivity index (χ1v) is 8.49. The van der Waals surface area contributed by atoms with Gasteiger partial charge in [0.25, 0.3) is 5.91 Å². The van der Waals surface area contributed by atoms with E-state index in [0.717, 1.165) is 36.8 Å². The molecule has 0 fully saturated rings. The molecule has 6 nitrogen and oxygen atoms in total. The molecule has 130 valence electrons. The van der Waals surface area contributed by atoms with Crippen molar-refractivity contribution in [1.29, 1.82) is 0 Å². The number of aromatic nitrogens is 2. The molecule has 1 atom stereocenters. The monoisotopic (exact) mass is 330 g/mol. The van der Waals surface area contributed by atoms with E-state index in [1.165, 1.54) is 0 Å². The van der Waals surface area contributed by atoms with Crippen LogP contribution < -0.4 is 11.1 Å². The van der Waals surface area contributed by atoms with Crippen LogP contribution in [0.2, 0.25) is 0 Å². The van der Waals surface area contributed by atoms with Crippen molar-refractivity contribution >= 4 is 22.8 Å². The van der Waals surface area contributed by atoms with Gasteiger partial charge in [-0.3, -0.25) is 9.59 Å². The average Bonchev–Trinajstić information content (AvgIpc) is 2.91. The molecule has 0 saturated heterocycles. The van der Waals surface area contributed by atoms with Crippen LogP contribution in [-0.2, 0) is 11.3 Å². The Hall–Kier alpha value is -2.37. The van der Waals surface area contributed by atoms with Gasteiger partial charge in [0.05, 0.1) is 5.56 Å². The quantitative estimate of drug-likeness (QED) is 0.729. The number of nitrogens with one attached hydrogen (secondary N) is 1. The average molecular weight is 330 g/mol. The zero-order valence-corrected chi connectivity index (χ0v) is 14.6. The molecule has 2 rings (SSSR count). The lowest BCUT2D eigenvalue weighted by Gasteiger charge is -2.18. The number of carbonyl (C=O) groups excluding carboxylic acids is 2. The van der Waals surface area contributed by atoms with Crippen molar-refractivity contribution in [2.24, 2.45) is 11.7 Å². The minimum Gasteiger partial charge on any atom is -0.368 e. The summed E-state index contributed by atoms with van der Waals surface area (Å²) in [5, 5.41) is 3.54. The molecule has 2 aromatic rings. The Balaban J connectivity index is 2.30. The number of primary amides is 1. The summed E-state index contributed by atoms with van der Waals surface area (Å²) in [6, 6.07) is 3.00. The fraction of sp³-hybridized carbons (Fsp3) is 0.500. The van der Waals surface area contributed by atoms with Crippen molar-refractivity contribution in [3.8, 4) is 0 Å². The maximum absolute atomic E-state index is 12.7. The number of pyridine rings is 1. The maximum atomic E-state index is 12.7. The fourth-order valence-corrected chi connectivity index (χ4v) is 2.79. The molecule has 0 spiro atoms. The third-order valence-corrected chi connectivity index (χ3v) is 4.14. The van der Waals surface area contributed by atoms with E-state index in [4.69, 9.17) is 5.73 Å². The zero-order valence-electron chi connectivity index (χ0n) is 14.6. The highest BCUT2D eigenvalue weighted by molar-refractivity contribution is 6.07. The van der Waals surface area contributed by atoms with Crippen molar-refractivity contribution in [2.45, 2.75) is 52.6 Å². The number of nitrogens with two attached hydrogens (primary N) is 1. The summed E-state index contributed by atoms with van der Waals surface area (Å²) in [5.41, 5.74) is 6.71. The van der Waals surface area contributed by atoms with Crippen molar-refractivity contribution in [1.82, 2.24) is 14.9 Å². The van der Waals surface area contributed by atoms with E-state index >= 15 is 0 Å². The van der Waals surface area contributed by atoms with Crippen LogP contribution in [0.25, 0.3) is 11.0 Å². The Labute approximate surface area is 142 Å². The van der Waals surface area contributed by atoms with Gasteiger partial charge in [0.1, 0.15) is 11.7 Å². The molecule has 2 aromatic heterocycles. The second-order valence-corrected chi connectivity index (χ2v) is 6.42. The van der Waals surface area contributed by atoms with Gasteiger partial charge in [0, 0.05) is 24.3 Å². The largest absolute Gasteiger partial charge is 0.368 e. The number of amides is 2. The molecule has 6 heteroatoms. The van der Waals surface area contributed by atoms with E-state index in [0.29, 0.717) is 5.56 Å². The SMILES string of the molecule is CCCCCn1cc(C(=O)N[C@H](C(N)=O)C(C)C)c2cccnc21. The van der Waals surface area contributed by atoms with Gasteiger partial charge in [-0.05, 0) is 24.5 Å². The number of hydrogen-bond donors (Lipinski definition) is 2. The number of unbranched alkanes of at least 4 members (excludes halogenated alkanes) is 2. The van der Waals surface area contributed by atoms with Gasteiger partial charge < -0.3 is 15.6 Å². The highest BCUT2D eigenvalue weighted by Crippen LogP contribution is 2.20. The molecule has 0 aliphatic carbocycles. The second-order valence-electron chi connectivity index (χ2n) is 6.42. The van der Waals surface area contributed by atoms with Crippen molar-refractivity contribution in [3.63, 3.8) is 0 Å².